The lowest BCUT2D eigenvalue weighted by Crippen LogP contribution is -2.07. The largest absolute Gasteiger partial charge is 0.417 e. The normalized spacial score (nSPS) is 11.8. The van der Waals surface area contributed by atoms with Crippen molar-refractivity contribution in [2.75, 3.05) is 5.32 Å². The highest BCUT2D eigenvalue weighted by molar-refractivity contribution is 7.21. The molecule has 28 heavy (non-hydrogen) atoms. The van der Waals surface area contributed by atoms with E-state index in [4.69, 9.17) is 11.6 Å². The molecule has 142 valence electrons. The fraction of sp³-hybridized carbons (Fsp3) is 0.100. The van der Waals surface area contributed by atoms with Crippen molar-refractivity contribution in [2.45, 2.75) is 13.1 Å². The predicted molar refractivity (Wildman–Crippen MR) is 107 cm³/mol. The lowest BCUT2D eigenvalue weighted by atomic mass is 10.1. The molecule has 0 saturated carbocycles. The number of hydrogen-bond acceptors (Lipinski definition) is 4. The number of nitrogens with one attached hydrogen (secondary N) is 1. The van der Waals surface area contributed by atoms with Crippen LogP contribution in [0.5, 0.6) is 0 Å². The summed E-state index contributed by atoms with van der Waals surface area (Å²) in [5.74, 6) is 0.984. The number of fused-ring (bicyclic) bond motifs is 1. The van der Waals surface area contributed by atoms with Gasteiger partial charge in [-0.1, -0.05) is 41.9 Å². The van der Waals surface area contributed by atoms with Gasteiger partial charge in [0.05, 0.1) is 16.0 Å². The highest BCUT2D eigenvalue weighted by atomic mass is 35.5. The number of thiophene rings is 1. The number of nitrogens with zero attached hydrogens (tertiary/aromatic N) is 2. The predicted octanol–water partition coefficient (Wildman–Crippen LogP) is 7.08. The Morgan fingerprint density at radius 1 is 1.00 bits per heavy atom. The highest BCUT2D eigenvalue weighted by Gasteiger charge is 2.33. The number of hydrogen-bond donors (Lipinski definition) is 1. The standard InChI is InChI=1S/C20H13ClF3N3S/c1-11-25-18(27-13-7-8-16(21)15(9-13)20(22,23)24)14-10-17(28-19(14)26-11)12-5-3-2-4-6-12/h2-10H,1H3,(H,25,26,27). The molecule has 0 saturated heterocycles. The van der Waals surface area contributed by atoms with Crippen molar-refractivity contribution >= 4 is 44.7 Å². The molecule has 0 radical (unpaired) electrons. The molecule has 0 aliphatic rings. The number of anilines is 2. The topological polar surface area (TPSA) is 37.8 Å². The summed E-state index contributed by atoms with van der Waals surface area (Å²) in [5.41, 5.74) is 0.403. The molecule has 2 aromatic carbocycles. The van der Waals surface area contributed by atoms with Gasteiger partial charge in [0.2, 0.25) is 0 Å². The van der Waals surface area contributed by atoms with Crippen LogP contribution in [0.1, 0.15) is 11.4 Å². The van der Waals surface area contributed by atoms with Crippen molar-refractivity contribution in [3.63, 3.8) is 0 Å². The lowest BCUT2D eigenvalue weighted by Gasteiger charge is -2.12. The number of aromatic nitrogens is 2. The molecule has 4 rings (SSSR count). The van der Waals surface area contributed by atoms with Gasteiger partial charge in [0.1, 0.15) is 16.5 Å². The van der Waals surface area contributed by atoms with Gasteiger partial charge in [-0.2, -0.15) is 13.2 Å². The summed E-state index contributed by atoms with van der Waals surface area (Å²) in [6.07, 6.45) is -4.53. The zero-order valence-corrected chi connectivity index (χ0v) is 16.1. The van der Waals surface area contributed by atoms with Gasteiger partial charge in [-0.15, -0.1) is 11.3 Å². The molecule has 8 heteroatoms. The van der Waals surface area contributed by atoms with Crippen LogP contribution in [0.15, 0.2) is 54.6 Å². The Bertz CT molecular complexity index is 1160. The van der Waals surface area contributed by atoms with E-state index in [-0.39, 0.29) is 10.7 Å². The Balaban J connectivity index is 1.78. The molecule has 0 bridgehead atoms. The first-order chi connectivity index (χ1) is 13.3. The van der Waals surface area contributed by atoms with Gasteiger partial charge in [-0.25, -0.2) is 9.97 Å². The average Bonchev–Trinajstić information content (AvgIpc) is 3.07. The smallest absolute Gasteiger partial charge is 0.340 e. The Morgan fingerprint density at radius 2 is 1.75 bits per heavy atom. The molecule has 0 aliphatic heterocycles. The summed E-state index contributed by atoms with van der Waals surface area (Å²) in [5, 5.41) is 3.39. The van der Waals surface area contributed by atoms with Gasteiger partial charge in [0.25, 0.3) is 0 Å². The number of alkyl halides is 3. The van der Waals surface area contributed by atoms with E-state index < -0.39 is 11.7 Å². The van der Waals surface area contributed by atoms with Gasteiger partial charge >= 0.3 is 6.18 Å². The second-order valence-corrected chi connectivity index (χ2v) is 7.57. The Hall–Kier alpha value is -2.64. The van der Waals surface area contributed by atoms with Gasteiger partial charge < -0.3 is 5.32 Å². The van der Waals surface area contributed by atoms with Crippen molar-refractivity contribution in [3.8, 4) is 10.4 Å². The van der Waals surface area contributed by atoms with Gasteiger partial charge in [0.15, 0.2) is 0 Å². The maximum absolute atomic E-state index is 13.1. The third-order valence-electron chi connectivity index (χ3n) is 4.10. The van der Waals surface area contributed by atoms with Crippen molar-refractivity contribution < 1.29 is 13.2 Å². The molecule has 0 atom stereocenters. The second-order valence-electron chi connectivity index (χ2n) is 6.13. The maximum atomic E-state index is 13.1. The third-order valence-corrected chi connectivity index (χ3v) is 5.50. The molecule has 2 heterocycles. The van der Waals surface area contributed by atoms with Gasteiger partial charge in [0, 0.05) is 10.6 Å². The summed E-state index contributed by atoms with van der Waals surface area (Å²) in [6.45, 7) is 1.75. The van der Waals surface area contributed by atoms with E-state index in [2.05, 4.69) is 15.3 Å². The summed E-state index contributed by atoms with van der Waals surface area (Å²) >= 11 is 7.21. The molecule has 2 aromatic heterocycles. The van der Waals surface area contributed by atoms with Crippen LogP contribution in [0.4, 0.5) is 24.7 Å². The van der Waals surface area contributed by atoms with E-state index in [1.54, 1.807) is 6.92 Å². The maximum Gasteiger partial charge on any atom is 0.417 e. The van der Waals surface area contributed by atoms with Crippen LogP contribution in [0.25, 0.3) is 20.7 Å². The van der Waals surface area contributed by atoms with E-state index in [0.29, 0.717) is 11.6 Å². The molecule has 0 spiro atoms. The van der Waals surface area contributed by atoms with Gasteiger partial charge in [-0.3, -0.25) is 0 Å². The Kier molecular flexibility index (Phi) is 4.72. The minimum absolute atomic E-state index is 0.253. The van der Waals surface area contributed by atoms with Gasteiger partial charge in [-0.05, 0) is 36.8 Å². The molecule has 4 aromatic rings. The molecule has 0 fully saturated rings. The molecule has 0 amide bonds. The van der Waals surface area contributed by atoms with E-state index in [1.165, 1.54) is 23.5 Å². The first-order valence-corrected chi connectivity index (χ1v) is 9.48. The van der Waals surface area contributed by atoms with Crippen LogP contribution in [0, 0.1) is 6.92 Å². The van der Waals surface area contributed by atoms with Crippen molar-refractivity contribution in [1.29, 1.82) is 0 Å². The molecule has 0 unspecified atom stereocenters. The fourth-order valence-electron chi connectivity index (χ4n) is 2.83. The lowest BCUT2D eigenvalue weighted by molar-refractivity contribution is -0.137. The first-order valence-electron chi connectivity index (χ1n) is 8.28. The quantitative estimate of drug-likeness (QED) is 0.385. The Morgan fingerprint density at radius 3 is 2.46 bits per heavy atom. The van der Waals surface area contributed by atoms with Crippen LogP contribution in [0.2, 0.25) is 5.02 Å². The van der Waals surface area contributed by atoms with E-state index in [1.807, 2.05) is 36.4 Å². The van der Waals surface area contributed by atoms with E-state index in [9.17, 15) is 13.2 Å². The van der Waals surface area contributed by atoms with Crippen molar-refractivity contribution in [2.24, 2.45) is 0 Å². The molecule has 3 nitrogen and oxygen atoms in total. The first kappa shape index (κ1) is 18.7. The zero-order chi connectivity index (χ0) is 19.9. The number of aryl methyl sites for hydroxylation is 1. The van der Waals surface area contributed by atoms with E-state index in [0.717, 1.165) is 26.7 Å². The number of rotatable bonds is 3. The van der Waals surface area contributed by atoms with Crippen LogP contribution in [-0.4, -0.2) is 9.97 Å². The average molecular weight is 420 g/mol. The van der Waals surface area contributed by atoms with E-state index >= 15 is 0 Å². The molecule has 1 N–H and O–H groups in total. The Labute approximate surface area is 167 Å². The van der Waals surface area contributed by atoms with Crippen molar-refractivity contribution in [1.82, 2.24) is 9.97 Å². The summed E-state index contributed by atoms with van der Waals surface area (Å²) in [6, 6.07) is 15.5. The minimum atomic E-state index is -4.53. The molecular weight excluding hydrogens is 407 g/mol. The number of halogens is 4. The minimum Gasteiger partial charge on any atom is -0.340 e. The monoisotopic (exact) mass is 419 g/mol. The number of benzene rings is 2. The van der Waals surface area contributed by atoms with Crippen LogP contribution >= 0.6 is 22.9 Å². The van der Waals surface area contributed by atoms with Crippen LogP contribution in [-0.2, 0) is 6.18 Å². The SMILES string of the molecule is Cc1nc(Nc2ccc(Cl)c(C(F)(F)F)c2)c2cc(-c3ccccc3)sc2n1. The summed E-state index contributed by atoms with van der Waals surface area (Å²) < 4.78 is 39.4. The third kappa shape index (κ3) is 3.68. The summed E-state index contributed by atoms with van der Waals surface area (Å²) in [4.78, 5) is 10.6. The zero-order valence-electron chi connectivity index (χ0n) is 14.5. The van der Waals surface area contributed by atoms with Crippen LogP contribution < -0.4 is 5.32 Å². The second kappa shape index (κ2) is 7.07. The fourth-order valence-corrected chi connectivity index (χ4v) is 4.13. The van der Waals surface area contributed by atoms with Crippen LogP contribution in [0.3, 0.4) is 0 Å². The summed E-state index contributed by atoms with van der Waals surface area (Å²) in [7, 11) is 0. The molecule has 0 aliphatic carbocycles. The van der Waals surface area contributed by atoms with Crippen molar-refractivity contribution in [3.05, 3.63) is 71.0 Å². The molecular formula is C20H13ClF3N3S. The highest BCUT2D eigenvalue weighted by Crippen LogP contribution is 2.39.